The molecule has 0 saturated carbocycles. The van der Waals surface area contributed by atoms with E-state index >= 15 is 0 Å². The molecule has 0 heterocycles. The van der Waals surface area contributed by atoms with Crippen LogP contribution in [0.15, 0.2) is 66.7 Å². The van der Waals surface area contributed by atoms with E-state index in [-0.39, 0.29) is 12.5 Å². The molecular formula is C25H27IN2O3. The van der Waals surface area contributed by atoms with Crippen LogP contribution in [0.1, 0.15) is 23.6 Å². The molecule has 162 valence electrons. The summed E-state index contributed by atoms with van der Waals surface area (Å²) in [5.74, 6) is 1.03. The lowest BCUT2D eigenvalue weighted by atomic mass is 10.2. The predicted octanol–water partition coefficient (Wildman–Crippen LogP) is 5.31. The number of hydrogen-bond acceptors (Lipinski definition) is 4. The lowest BCUT2D eigenvalue weighted by Crippen LogP contribution is -2.21. The predicted molar refractivity (Wildman–Crippen MR) is 133 cm³/mol. The molecule has 3 aromatic rings. The van der Waals surface area contributed by atoms with Crippen molar-refractivity contribution in [2.45, 2.75) is 26.9 Å². The van der Waals surface area contributed by atoms with Crippen LogP contribution < -0.4 is 20.1 Å². The van der Waals surface area contributed by atoms with Crippen LogP contribution in [-0.2, 0) is 17.9 Å². The largest absolute Gasteiger partial charge is 0.490 e. The standard InChI is InChI=1S/C25H27IN2O3/c1-3-30-23-14-20(16-27-15-19-7-5-4-6-8-19)13-22(26)25(23)31-17-24(29)28-21-11-9-18(2)10-12-21/h4-14,27H,3,15-17H2,1-2H3,(H,28,29). The molecule has 0 fully saturated rings. The maximum absolute atomic E-state index is 12.3. The fourth-order valence-corrected chi connectivity index (χ4v) is 3.87. The molecule has 0 aliphatic carbocycles. The monoisotopic (exact) mass is 530 g/mol. The first-order valence-corrected chi connectivity index (χ1v) is 11.3. The highest BCUT2D eigenvalue weighted by Crippen LogP contribution is 2.34. The second-order valence-corrected chi connectivity index (χ2v) is 8.29. The number of halogens is 1. The zero-order chi connectivity index (χ0) is 22.1. The molecule has 1 amide bonds. The number of aryl methyl sites for hydroxylation is 1. The van der Waals surface area contributed by atoms with Crippen molar-refractivity contribution in [1.82, 2.24) is 5.32 Å². The summed E-state index contributed by atoms with van der Waals surface area (Å²) >= 11 is 2.22. The molecule has 31 heavy (non-hydrogen) atoms. The smallest absolute Gasteiger partial charge is 0.262 e. The minimum atomic E-state index is -0.212. The van der Waals surface area contributed by atoms with Crippen molar-refractivity contribution in [3.63, 3.8) is 0 Å². The van der Waals surface area contributed by atoms with Crippen molar-refractivity contribution >= 4 is 34.2 Å². The van der Waals surface area contributed by atoms with Gasteiger partial charge in [0.2, 0.25) is 0 Å². The Morgan fingerprint density at radius 1 is 0.935 bits per heavy atom. The van der Waals surface area contributed by atoms with Gasteiger partial charge in [-0.25, -0.2) is 0 Å². The van der Waals surface area contributed by atoms with Gasteiger partial charge in [-0.1, -0.05) is 48.0 Å². The number of benzene rings is 3. The van der Waals surface area contributed by atoms with Gasteiger partial charge in [0.1, 0.15) is 0 Å². The number of nitrogens with one attached hydrogen (secondary N) is 2. The topological polar surface area (TPSA) is 59.6 Å². The fraction of sp³-hybridized carbons (Fsp3) is 0.240. The number of ether oxygens (including phenoxy) is 2. The van der Waals surface area contributed by atoms with Gasteiger partial charge in [-0.15, -0.1) is 0 Å². The third-order valence-electron chi connectivity index (χ3n) is 4.55. The van der Waals surface area contributed by atoms with Gasteiger partial charge < -0.3 is 20.1 Å². The van der Waals surface area contributed by atoms with E-state index in [1.807, 2.05) is 68.4 Å². The maximum atomic E-state index is 12.3. The average Bonchev–Trinajstić information content (AvgIpc) is 2.76. The Hall–Kier alpha value is -2.58. The van der Waals surface area contributed by atoms with Crippen LogP contribution >= 0.6 is 22.6 Å². The maximum Gasteiger partial charge on any atom is 0.262 e. The van der Waals surface area contributed by atoms with Crippen LogP contribution in [-0.4, -0.2) is 19.1 Å². The van der Waals surface area contributed by atoms with Gasteiger partial charge in [-0.05, 0) is 71.8 Å². The average molecular weight is 530 g/mol. The van der Waals surface area contributed by atoms with Crippen molar-refractivity contribution in [2.75, 3.05) is 18.5 Å². The SMILES string of the molecule is CCOc1cc(CNCc2ccccc2)cc(I)c1OCC(=O)Nc1ccc(C)cc1. The summed E-state index contributed by atoms with van der Waals surface area (Å²) in [5.41, 5.74) is 4.23. The third kappa shape index (κ3) is 7.25. The van der Waals surface area contributed by atoms with E-state index in [1.165, 1.54) is 5.56 Å². The molecule has 0 aromatic heterocycles. The molecule has 0 saturated heterocycles. The number of hydrogen-bond donors (Lipinski definition) is 2. The quantitative estimate of drug-likeness (QED) is 0.349. The Morgan fingerprint density at radius 3 is 2.35 bits per heavy atom. The Labute approximate surface area is 197 Å². The van der Waals surface area contributed by atoms with Gasteiger partial charge in [0.15, 0.2) is 18.1 Å². The molecule has 0 unspecified atom stereocenters. The van der Waals surface area contributed by atoms with E-state index < -0.39 is 0 Å². The van der Waals surface area contributed by atoms with Gasteiger partial charge in [0.25, 0.3) is 5.91 Å². The molecule has 5 nitrogen and oxygen atoms in total. The third-order valence-corrected chi connectivity index (χ3v) is 5.35. The first-order valence-electron chi connectivity index (χ1n) is 10.2. The van der Waals surface area contributed by atoms with Gasteiger partial charge in [-0.2, -0.15) is 0 Å². The second kappa shape index (κ2) is 11.7. The van der Waals surface area contributed by atoms with Crippen LogP contribution in [0.2, 0.25) is 0 Å². The van der Waals surface area contributed by atoms with E-state index in [1.54, 1.807) is 0 Å². The van der Waals surface area contributed by atoms with E-state index in [4.69, 9.17) is 9.47 Å². The molecule has 3 rings (SSSR count). The van der Waals surface area contributed by atoms with Crippen LogP contribution in [0, 0.1) is 10.5 Å². The molecule has 0 atom stereocenters. The van der Waals surface area contributed by atoms with Crippen molar-refractivity contribution in [3.05, 3.63) is 87.0 Å². The number of amides is 1. The van der Waals surface area contributed by atoms with Crippen LogP contribution in [0.25, 0.3) is 0 Å². The summed E-state index contributed by atoms with van der Waals surface area (Å²) in [7, 11) is 0. The van der Waals surface area contributed by atoms with E-state index in [9.17, 15) is 4.79 Å². The lowest BCUT2D eigenvalue weighted by Gasteiger charge is -2.16. The van der Waals surface area contributed by atoms with Gasteiger partial charge in [-0.3, -0.25) is 4.79 Å². The summed E-state index contributed by atoms with van der Waals surface area (Å²) in [6.07, 6.45) is 0. The molecule has 0 bridgehead atoms. The number of carbonyl (C=O) groups is 1. The molecule has 3 aromatic carbocycles. The molecule has 0 aliphatic rings. The molecule has 2 N–H and O–H groups in total. The van der Waals surface area contributed by atoms with Crippen molar-refractivity contribution in [2.24, 2.45) is 0 Å². The Bertz CT molecular complexity index is 992. The van der Waals surface area contributed by atoms with Crippen LogP contribution in [0.4, 0.5) is 5.69 Å². The van der Waals surface area contributed by atoms with Crippen molar-refractivity contribution in [1.29, 1.82) is 0 Å². The molecular weight excluding hydrogens is 503 g/mol. The minimum Gasteiger partial charge on any atom is -0.490 e. The summed E-state index contributed by atoms with van der Waals surface area (Å²) < 4.78 is 12.5. The zero-order valence-electron chi connectivity index (χ0n) is 17.8. The van der Waals surface area contributed by atoms with Gasteiger partial charge in [0.05, 0.1) is 10.2 Å². The highest BCUT2D eigenvalue weighted by Gasteiger charge is 2.14. The van der Waals surface area contributed by atoms with Crippen molar-refractivity contribution in [3.8, 4) is 11.5 Å². The number of carbonyl (C=O) groups excluding carboxylic acids is 1. The van der Waals surface area contributed by atoms with Gasteiger partial charge >= 0.3 is 0 Å². The van der Waals surface area contributed by atoms with E-state index in [0.717, 1.165) is 26.9 Å². The summed E-state index contributed by atoms with van der Waals surface area (Å²) in [5, 5.41) is 6.30. The second-order valence-electron chi connectivity index (χ2n) is 7.13. The highest BCUT2D eigenvalue weighted by atomic mass is 127. The summed E-state index contributed by atoms with van der Waals surface area (Å²) in [6.45, 7) is 5.87. The van der Waals surface area contributed by atoms with Crippen LogP contribution in [0.5, 0.6) is 11.5 Å². The Kier molecular flexibility index (Phi) is 8.73. The molecule has 0 aliphatic heterocycles. The minimum absolute atomic E-state index is 0.0877. The normalized spacial score (nSPS) is 10.5. The molecule has 0 spiro atoms. The van der Waals surface area contributed by atoms with Crippen molar-refractivity contribution < 1.29 is 14.3 Å². The molecule has 0 radical (unpaired) electrons. The Balaban J connectivity index is 1.61. The molecule has 6 heteroatoms. The highest BCUT2D eigenvalue weighted by molar-refractivity contribution is 14.1. The van der Waals surface area contributed by atoms with E-state index in [0.29, 0.717) is 24.7 Å². The number of rotatable bonds is 10. The van der Waals surface area contributed by atoms with Gasteiger partial charge in [0, 0.05) is 18.8 Å². The fourth-order valence-electron chi connectivity index (χ4n) is 3.05. The zero-order valence-corrected chi connectivity index (χ0v) is 19.9. The first kappa shape index (κ1) is 23.1. The first-order chi connectivity index (χ1) is 15.0. The lowest BCUT2D eigenvalue weighted by molar-refractivity contribution is -0.118. The van der Waals surface area contributed by atoms with E-state index in [2.05, 4.69) is 45.4 Å². The van der Waals surface area contributed by atoms with Crippen LogP contribution in [0.3, 0.4) is 0 Å². The summed E-state index contributed by atoms with van der Waals surface area (Å²) in [6, 6.07) is 22.0. The summed E-state index contributed by atoms with van der Waals surface area (Å²) in [4.78, 5) is 12.3. The number of anilines is 1. The Morgan fingerprint density at radius 2 is 1.65 bits per heavy atom.